The largest absolute Gasteiger partial charge is 0.295 e. The lowest BCUT2D eigenvalue weighted by Gasteiger charge is -2.02. The van der Waals surface area contributed by atoms with Crippen LogP contribution in [0.2, 0.25) is 10.0 Å². The maximum atomic E-state index is 11.6. The molecule has 0 aliphatic heterocycles. The molecule has 1 atom stereocenters. The monoisotopic (exact) mass is 256 g/mol. The summed E-state index contributed by atoms with van der Waals surface area (Å²) in [6.07, 6.45) is 4.20. The molecule has 3 heteroatoms. The molecule has 0 N–H and O–H groups in total. The molecule has 0 saturated heterocycles. The van der Waals surface area contributed by atoms with Crippen LogP contribution in [-0.4, -0.2) is 5.78 Å². The average Bonchev–Trinajstić information content (AvgIpc) is 2.29. The zero-order valence-corrected chi connectivity index (χ0v) is 10.8. The van der Waals surface area contributed by atoms with Crippen LogP contribution in [0.15, 0.2) is 24.3 Å². The summed E-state index contributed by atoms with van der Waals surface area (Å²) in [5.41, 5.74) is 0.881. The number of ketones is 1. The summed E-state index contributed by atoms with van der Waals surface area (Å²) in [6.45, 7) is 3.91. The van der Waals surface area contributed by atoms with Gasteiger partial charge in [-0.1, -0.05) is 49.2 Å². The SMILES string of the molecule is CC[C@H](C)C(=O)/C=C/c1ccc(Cl)c(Cl)c1. The second kappa shape index (κ2) is 6.07. The van der Waals surface area contributed by atoms with Crippen molar-refractivity contribution in [2.75, 3.05) is 0 Å². The summed E-state index contributed by atoms with van der Waals surface area (Å²) >= 11 is 11.7. The van der Waals surface area contributed by atoms with Gasteiger partial charge in [-0.3, -0.25) is 4.79 Å². The van der Waals surface area contributed by atoms with Crippen molar-refractivity contribution in [1.29, 1.82) is 0 Å². The third-order valence-corrected chi connectivity index (χ3v) is 3.22. The van der Waals surface area contributed by atoms with E-state index in [4.69, 9.17) is 23.2 Å². The lowest BCUT2D eigenvalue weighted by molar-refractivity contribution is -0.117. The Morgan fingerprint density at radius 2 is 2.06 bits per heavy atom. The van der Waals surface area contributed by atoms with E-state index in [0.29, 0.717) is 10.0 Å². The molecule has 1 nitrogen and oxygen atoms in total. The van der Waals surface area contributed by atoms with Gasteiger partial charge in [-0.25, -0.2) is 0 Å². The molecule has 0 saturated carbocycles. The third kappa shape index (κ3) is 3.66. The van der Waals surface area contributed by atoms with E-state index in [-0.39, 0.29) is 11.7 Å². The van der Waals surface area contributed by atoms with Crippen LogP contribution in [0.4, 0.5) is 0 Å². The second-order valence-electron chi connectivity index (χ2n) is 3.72. The maximum absolute atomic E-state index is 11.6. The Labute approximate surface area is 106 Å². The molecule has 1 rings (SSSR count). The van der Waals surface area contributed by atoms with E-state index >= 15 is 0 Å². The highest BCUT2D eigenvalue weighted by atomic mass is 35.5. The van der Waals surface area contributed by atoms with Crippen molar-refractivity contribution < 1.29 is 4.79 Å². The van der Waals surface area contributed by atoms with Gasteiger partial charge in [0.05, 0.1) is 10.0 Å². The van der Waals surface area contributed by atoms with Gasteiger partial charge < -0.3 is 0 Å². The fraction of sp³-hybridized carbons (Fsp3) is 0.308. The molecule has 0 heterocycles. The number of carbonyl (C=O) groups excluding carboxylic acids is 1. The summed E-state index contributed by atoms with van der Waals surface area (Å²) in [7, 11) is 0. The van der Waals surface area contributed by atoms with Gasteiger partial charge in [0.25, 0.3) is 0 Å². The predicted octanol–water partition coefficient (Wildman–Crippen LogP) is 4.62. The number of halogens is 2. The summed E-state index contributed by atoms with van der Waals surface area (Å²) in [5, 5.41) is 1.02. The van der Waals surface area contributed by atoms with Gasteiger partial charge >= 0.3 is 0 Å². The summed E-state index contributed by atoms with van der Waals surface area (Å²) in [6, 6.07) is 5.29. The first-order valence-electron chi connectivity index (χ1n) is 5.21. The van der Waals surface area contributed by atoms with Gasteiger partial charge in [0.2, 0.25) is 0 Å². The molecule has 0 bridgehead atoms. The van der Waals surface area contributed by atoms with Crippen molar-refractivity contribution in [3.63, 3.8) is 0 Å². The number of benzene rings is 1. The van der Waals surface area contributed by atoms with E-state index < -0.39 is 0 Å². The molecular weight excluding hydrogens is 243 g/mol. The smallest absolute Gasteiger partial charge is 0.158 e. The van der Waals surface area contributed by atoms with Crippen LogP contribution in [0.1, 0.15) is 25.8 Å². The number of hydrogen-bond donors (Lipinski definition) is 0. The normalized spacial score (nSPS) is 13.0. The summed E-state index contributed by atoms with van der Waals surface area (Å²) < 4.78 is 0. The minimum absolute atomic E-state index is 0.0685. The molecule has 0 spiro atoms. The van der Waals surface area contributed by atoms with Crippen molar-refractivity contribution in [1.82, 2.24) is 0 Å². The van der Waals surface area contributed by atoms with Crippen LogP contribution in [0.3, 0.4) is 0 Å². The molecule has 1 aromatic rings. The Morgan fingerprint density at radius 3 is 2.62 bits per heavy atom. The summed E-state index contributed by atoms with van der Waals surface area (Å²) in [5.74, 6) is 0.201. The van der Waals surface area contributed by atoms with Crippen LogP contribution < -0.4 is 0 Å². The standard InChI is InChI=1S/C13H14Cl2O/c1-3-9(2)13(16)7-5-10-4-6-11(14)12(15)8-10/h4-9H,3H2,1-2H3/b7-5+/t9-/m0/s1. The molecule has 0 unspecified atom stereocenters. The first-order valence-corrected chi connectivity index (χ1v) is 5.97. The van der Waals surface area contributed by atoms with Crippen molar-refractivity contribution in [3.05, 3.63) is 39.9 Å². The van der Waals surface area contributed by atoms with Crippen molar-refractivity contribution in [3.8, 4) is 0 Å². The Balaban J connectivity index is 2.77. The zero-order chi connectivity index (χ0) is 12.1. The Kier molecular flexibility index (Phi) is 5.04. The van der Waals surface area contributed by atoms with Crippen LogP contribution in [0.5, 0.6) is 0 Å². The number of rotatable bonds is 4. The molecule has 0 amide bonds. The first kappa shape index (κ1) is 13.3. The lowest BCUT2D eigenvalue weighted by Crippen LogP contribution is -2.05. The second-order valence-corrected chi connectivity index (χ2v) is 4.53. The lowest BCUT2D eigenvalue weighted by atomic mass is 10.0. The van der Waals surface area contributed by atoms with E-state index in [1.807, 2.05) is 19.9 Å². The van der Waals surface area contributed by atoms with Crippen LogP contribution in [-0.2, 0) is 4.79 Å². The number of carbonyl (C=O) groups is 1. The number of hydrogen-bond acceptors (Lipinski definition) is 1. The fourth-order valence-electron chi connectivity index (χ4n) is 1.16. The van der Waals surface area contributed by atoms with Gasteiger partial charge in [0.1, 0.15) is 0 Å². The van der Waals surface area contributed by atoms with Crippen molar-refractivity contribution >= 4 is 35.1 Å². The van der Waals surface area contributed by atoms with Gasteiger partial charge in [0.15, 0.2) is 5.78 Å². The Hall–Kier alpha value is -0.790. The topological polar surface area (TPSA) is 17.1 Å². The number of allylic oxidation sites excluding steroid dienone is 1. The molecular formula is C13H14Cl2O. The highest BCUT2D eigenvalue weighted by Crippen LogP contribution is 2.23. The minimum Gasteiger partial charge on any atom is -0.295 e. The van der Waals surface area contributed by atoms with Gasteiger partial charge in [-0.15, -0.1) is 0 Å². The van der Waals surface area contributed by atoms with E-state index in [1.165, 1.54) is 0 Å². The molecule has 0 aliphatic carbocycles. The fourth-order valence-corrected chi connectivity index (χ4v) is 1.47. The van der Waals surface area contributed by atoms with Crippen LogP contribution in [0, 0.1) is 5.92 Å². The zero-order valence-electron chi connectivity index (χ0n) is 9.34. The van der Waals surface area contributed by atoms with Crippen LogP contribution >= 0.6 is 23.2 Å². The quantitative estimate of drug-likeness (QED) is 0.719. The summed E-state index contributed by atoms with van der Waals surface area (Å²) in [4.78, 5) is 11.6. The molecule has 86 valence electrons. The maximum Gasteiger partial charge on any atom is 0.158 e. The molecule has 0 fully saturated rings. The van der Waals surface area contributed by atoms with Gasteiger partial charge in [-0.2, -0.15) is 0 Å². The molecule has 0 radical (unpaired) electrons. The average molecular weight is 257 g/mol. The molecule has 0 aromatic heterocycles. The molecule has 1 aromatic carbocycles. The van der Waals surface area contributed by atoms with E-state index in [1.54, 1.807) is 24.3 Å². The van der Waals surface area contributed by atoms with Crippen LogP contribution in [0.25, 0.3) is 6.08 Å². The Morgan fingerprint density at radius 1 is 1.38 bits per heavy atom. The van der Waals surface area contributed by atoms with Crippen molar-refractivity contribution in [2.45, 2.75) is 20.3 Å². The first-order chi connectivity index (χ1) is 7.54. The highest BCUT2D eigenvalue weighted by molar-refractivity contribution is 6.42. The molecule has 16 heavy (non-hydrogen) atoms. The van der Waals surface area contributed by atoms with E-state index in [0.717, 1.165) is 12.0 Å². The Bertz CT molecular complexity index is 410. The molecule has 0 aliphatic rings. The highest BCUT2D eigenvalue weighted by Gasteiger charge is 2.06. The van der Waals surface area contributed by atoms with E-state index in [9.17, 15) is 4.79 Å². The minimum atomic E-state index is 0.0685. The predicted molar refractivity (Wildman–Crippen MR) is 70.0 cm³/mol. The van der Waals surface area contributed by atoms with Gasteiger partial charge in [0, 0.05) is 5.92 Å². The van der Waals surface area contributed by atoms with Gasteiger partial charge in [-0.05, 0) is 30.2 Å². The van der Waals surface area contributed by atoms with Crippen molar-refractivity contribution in [2.24, 2.45) is 5.92 Å². The third-order valence-electron chi connectivity index (χ3n) is 2.48. The van der Waals surface area contributed by atoms with E-state index in [2.05, 4.69) is 0 Å².